The number of anilines is 1. The molecule has 7 heteroatoms. The fraction of sp³-hybridized carbons (Fsp3) is 0.409. The van der Waals surface area contributed by atoms with Crippen molar-refractivity contribution in [2.75, 3.05) is 12.3 Å². The first-order valence-electron chi connectivity index (χ1n) is 9.86. The van der Waals surface area contributed by atoms with Crippen molar-refractivity contribution in [3.8, 4) is 0 Å². The lowest BCUT2D eigenvalue weighted by atomic mass is 10.1. The van der Waals surface area contributed by atoms with Crippen molar-refractivity contribution in [1.29, 1.82) is 0 Å². The van der Waals surface area contributed by atoms with Crippen molar-refractivity contribution in [2.24, 2.45) is 0 Å². The summed E-state index contributed by atoms with van der Waals surface area (Å²) in [5, 5.41) is 0.955. The zero-order valence-electron chi connectivity index (χ0n) is 18.1. The monoisotopic (exact) mass is 410 g/mol. The SMILES string of the molecule is CC(CO[Si](C)(C)C(C)(C)C)n1cc(C(=O)c2cc(N)ccn2)c2cnccc21. The summed E-state index contributed by atoms with van der Waals surface area (Å²) in [6.07, 6.45) is 6.91. The van der Waals surface area contributed by atoms with Gasteiger partial charge in [0.05, 0.1) is 23.7 Å². The molecule has 3 aromatic heterocycles. The van der Waals surface area contributed by atoms with Gasteiger partial charge >= 0.3 is 0 Å². The Hall–Kier alpha value is -2.51. The van der Waals surface area contributed by atoms with Crippen LogP contribution in [0.25, 0.3) is 10.9 Å². The number of pyridine rings is 2. The first-order valence-corrected chi connectivity index (χ1v) is 12.8. The summed E-state index contributed by atoms with van der Waals surface area (Å²) in [7, 11) is -1.86. The zero-order chi connectivity index (χ0) is 21.4. The number of ketones is 1. The number of rotatable bonds is 6. The van der Waals surface area contributed by atoms with E-state index in [0.29, 0.717) is 23.6 Å². The molecule has 6 nitrogen and oxygen atoms in total. The minimum atomic E-state index is -1.86. The van der Waals surface area contributed by atoms with Gasteiger partial charge in [-0.15, -0.1) is 0 Å². The molecule has 3 heterocycles. The average Bonchev–Trinajstić information content (AvgIpc) is 3.04. The normalized spacial score (nSPS) is 13.6. The van der Waals surface area contributed by atoms with Crippen LogP contribution in [0.2, 0.25) is 18.1 Å². The Morgan fingerprint density at radius 3 is 2.66 bits per heavy atom. The Kier molecular flexibility index (Phi) is 5.65. The number of nitrogens with zero attached hydrogens (tertiary/aromatic N) is 3. The summed E-state index contributed by atoms with van der Waals surface area (Å²) in [6, 6.07) is 5.28. The number of hydrogen-bond acceptors (Lipinski definition) is 5. The van der Waals surface area contributed by atoms with Crippen molar-refractivity contribution in [2.45, 2.75) is 51.9 Å². The van der Waals surface area contributed by atoms with E-state index in [-0.39, 0.29) is 16.9 Å². The summed E-state index contributed by atoms with van der Waals surface area (Å²) in [4.78, 5) is 21.5. The second-order valence-electron chi connectivity index (χ2n) is 9.07. The fourth-order valence-electron chi connectivity index (χ4n) is 2.98. The van der Waals surface area contributed by atoms with Gasteiger partial charge in [0.15, 0.2) is 8.32 Å². The molecule has 0 fully saturated rings. The van der Waals surface area contributed by atoms with E-state index >= 15 is 0 Å². The minimum Gasteiger partial charge on any atom is -0.415 e. The third-order valence-electron chi connectivity index (χ3n) is 5.86. The van der Waals surface area contributed by atoms with Crippen LogP contribution in [0.5, 0.6) is 0 Å². The number of carbonyl (C=O) groups excluding carboxylic acids is 1. The molecule has 0 spiro atoms. The number of hydrogen-bond donors (Lipinski definition) is 1. The van der Waals surface area contributed by atoms with Crippen molar-refractivity contribution < 1.29 is 9.22 Å². The van der Waals surface area contributed by atoms with Gasteiger partial charge in [0.25, 0.3) is 0 Å². The third kappa shape index (κ3) is 4.25. The van der Waals surface area contributed by atoms with Gasteiger partial charge in [0, 0.05) is 35.9 Å². The summed E-state index contributed by atoms with van der Waals surface area (Å²) in [5.41, 5.74) is 8.21. The maximum absolute atomic E-state index is 13.1. The van der Waals surface area contributed by atoms with Gasteiger partial charge in [-0.2, -0.15) is 0 Å². The second-order valence-corrected chi connectivity index (χ2v) is 13.9. The average molecular weight is 411 g/mol. The number of nitrogens with two attached hydrogens (primary N) is 1. The van der Waals surface area contributed by atoms with E-state index in [4.69, 9.17) is 10.2 Å². The molecule has 1 atom stereocenters. The highest BCUT2D eigenvalue weighted by Gasteiger charge is 2.37. The summed E-state index contributed by atoms with van der Waals surface area (Å²) >= 11 is 0. The van der Waals surface area contributed by atoms with E-state index in [2.05, 4.69) is 55.3 Å². The predicted molar refractivity (Wildman–Crippen MR) is 120 cm³/mol. The molecular weight excluding hydrogens is 380 g/mol. The molecule has 0 saturated carbocycles. The maximum atomic E-state index is 13.1. The van der Waals surface area contributed by atoms with E-state index < -0.39 is 8.32 Å². The molecule has 1 unspecified atom stereocenters. The Labute approximate surface area is 173 Å². The van der Waals surface area contributed by atoms with E-state index in [9.17, 15) is 4.79 Å². The molecule has 0 saturated heterocycles. The van der Waals surface area contributed by atoms with Gasteiger partial charge in [0.1, 0.15) is 5.69 Å². The van der Waals surface area contributed by atoms with Crippen LogP contribution >= 0.6 is 0 Å². The lowest BCUT2D eigenvalue weighted by molar-refractivity contribution is 0.103. The van der Waals surface area contributed by atoms with Crippen LogP contribution < -0.4 is 5.73 Å². The molecule has 3 rings (SSSR count). The smallest absolute Gasteiger partial charge is 0.213 e. The van der Waals surface area contributed by atoms with Gasteiger partial charge in [-0.05, 0) is 43.3 Å². The van der Waals surface area contributed by atoms with Crippen molar-refractivity contribution >= 4 is 30.7 Å². The number of fused-ring (bicyclic) bond motifs is 1. The third-order valence-corrected chi connectivity index (χ3v) is 10.4. The van der Waals surface area contributed by atoms with Crippen LogP contribution in [0.1, 0.15) is 49.8 Å². The number of carbonyl (C=O) groups is 1. The molecule has 0 aliphatic rings. The minimum absolute atomic E-state index is 0.0735. The summed E-state index contributed by atoms with van der Waals surface area (Å²) < 4.78 is 8.52. The van der Waals surface area contributed by atoms with E-state index in [1.165, 1.54) is 0 Å². The number of nitrogen functional groups attached to an aromatic ring is 1. The molecule has 2 N–H and O–H groups in total. The lowest BCUT2D eigenvalue weighted by Gasteiger charge is -2.37. The fourth-order valence-corrected chi connectivity index (χ4v) is 4.07. The molecular formula is C22H30N4O2Si. The second kappa shape index (κ2) is 7.72. The molecule has 0 aromatic carbocycles. The molecule has 3 aromatic rings. The molecule has 29 heavy (non-hydrogen) atoms. The Morgan fingerprint density at radius 2 is 2.00 bits per heavy atom. The van der Waals surface area contributed by atoms with Gasteiger partial charge in [-0.25, -0.2) is 0 Å². The lowest BCUT2D eigenvalue weighted by Crippen LogP contribution is -2.41. The van der Waals surface area contributed by atoms with Crippen molar-refractivity contribution in [3.63, 3.8) is 0 Å². The highest BCUT2D eigenvalue weighted by atomic mass is 28.4. The Bertz CT molecular complexity index is 1040. The Balaban J connectivity index is 1.95. The molecule has 0 aliphatic heterocycles. The van der Waals surface area contributed by atoms with E-state index in [1.54, 1.807) is 30.7 Å². The van der Waals surface area contributed by atoms with Gasteiger partial charge < -0.3 is 14.7 Å². The van der Waals surface area contributed by atoms with Crippen LogP contribution in [-0.4, -0.2) is 35.2 Å². The highest BCUT2D eigenvalue weighted by molar-refractivity contribution is 6.74. The first kappa shape index (κ1) is 21.2. The zero-order valence-corrected chi connectivity index (χ0v) is 19.1. The quantitative estimate of drug-likeness (QED) is 0.465. The molecule has 0 radical (unpaired) electrons. The highest BCUT2D eigenvalue weighted by Crippen LogP contribution is 2.37. The van der Waals surface area contributed by atoms with Crippen molar-refractivity contribution in [1.82, 2.24) is 14.5 Å². The molecule has 154 valence electrons. The largest absolute Gasteiger partial charge is 0.415 e. The number of aromatic nitrogens is 3. The van der Waals surface area contributed by atoms with Gasteiger partial charge in [0.2, 0.25) is 5.78 Å². The van der Waals surface area contributed by atoms with E-state index in [0.717, 1.165) is 10.9 Å². The van der Waals surface area contributed by atoms with Gasteiger partial charge in [-0.1, -0.05) is 20.8 Å². The molecule has 0 bridgehead atoms. The molecule has 0 aliphatic carbocycles. The van der Waals surface area contributed by atoms with Crippen LogP contribution in [0.15, 0.2) is 43.0 Å². The van der Waals surface area contributed by atoms with E-state index in [1.807, 2.05) is 12.3 Å². The Morgan fingerprint density at radius 1 is 1.28 bits per heavy atom. The van der Waals surface area contributed by atoms with Crippen molar-refractivity contribution in [3.05, 3.63) is 54.2 Å². The first-order chi connectivity index (χ1) is 13.5. The van der Waals surface area contributed by atoms with Crippen LogP contribution in [-0.2, 0) is 4.43 Å². The van der Waals surface area contributed by atoms with Crippen LogP contribution in [0.3, 0.4) is 0 Å². The summed E-state index contributed by atoms with van der Waals surface area (Å²) in [5.74, 6) is -0.161. The molecule has 0 amide bonds. The van der Waals surface area contributed by atoms with Gasteiger partial charge in [-0.3, -0.25) is 14.8 Å². The van der Waals surface area contributed by atoms with Crippen LogP contribution in [0.4, 0.5) is 5.69 Å². The maximum Gasteiger partial charge on any atom is 0.213 e. The summed E-state index contributed by atoms with van der Waals surface area (Å²) in [6.45, 7) is 13.9. The topological polar surface area (TPSA) is 83.0 Å². The van der Waals surface area contributed by atoms with Crippen LogP contribution in [0, 0.1) is 0 Å². The predicted octanol–water partition coefficient (Wildman–Crippen LogP) is 4.83. The standard InChI is InChI=1S/C22H30N4O2Si/c1-15(14-28-29(5,6)22(2,3)4)26-13-18(17-12-24-9-8-20(17)26)21(27)19-11-16(23)7-10-25-19/h7-13,15H,14H2,1-6H3,(H2,23,25).